The second kappa shape index (κ2) is 9.40. The highest BCUT2D eigenvalue weighted by Crippen LogP contribution is 2.24. The minimum absolute atomic E-state index is 0.0963. The number of hydrogen-bond donors (Lipinski definition) is 1. The Morgan fingerprint density at radius 2 is 1.71 bits per heavy atom. The van der Waals surface area contributed by atoms with Crippen LogP contribution in [0.2, 0.25) is 0 Å². The Bertz CT molecular complexity index is 828. The minimum atomic E-state index is -0.584. The average molecular weight is 383 g/mol. The Hall–Kier alpha value is -2.82. The normalized spacial score (nSPS) is 11.8. The number of ether oxygens (including phenoxy) is 1. The number of benzene rings is 2. The zero-order valence-electron chi connectivity index (χ0n) is 17.6. The fourth-order valence-electron chi connectivity index (χ4n) is 3.19. The monoisotopic (exact) mass is 382 g/mol. The minimum Gasteiger partial charge on any atom is -0.481 e. The quantitative estimate of drug-likeness (QED) is 0.790. The van der Waals surface area contributed by atoms with Crippen LogP contribution in [0.3, 0.4) is 0 Å². The molecular formula is C23H30N2O3. The van der Waals surface area contributed by atoms with Gasteiger partial charge in [0.2, 0.25) is 0 Å². The van der Waals surface area contributed by atoms with Gasteiger partial charge in [0.25, 0.3) is 11.8 Å². The molecule has 1 N–H and O–H groups in total. The molecule has 2 aromatic carbocycles. The lowest BCUT2D eigenvalue weighted by atomic mass is 9.98. The Kier molecular flexibility index (Phi) is 7.21. The molecule has 0 spiro atoms. The number of nitrogens with one attached hydrogen (secondary N) is 1. The number of aryl methyl sites for hydroxylation is 1. The molecule has 0 bridgehead atoms. The molecule has 28 heavy (non-hydrogen) atoms. The lowest BCUT2D eigenvalue weighted by Crippen LogP contribution is -2.37. The number of amides is 2. The van der Waals surface area contributed by atoms with Gasteiger partial charge in [0.1, 0.15) is 5.75 Å². The first kappa shape index (κ1) is 21.5. The fraction of sp³-hybridized carbons (Fsp3) is 0.391. The number of carbonyl (C=O) groups excluding carboxylic acids is 2. The highest BCUT2D eigenvalue weighted by Gasteiger charge is 2.20. The van der Waals surface area contributed by atoms with Gasteiger partial charge >= 0.3 is 0 Å². The Balaban J connectivity index is 1.98. The first-order valence-corrected chi connectivity index (χ1v) is 9.56. The molecular weight excluding hydrogens is 352 g/mol. The van der Waals surface area contributed by atoms with Crippen molar-refractivity contribution in [1.29, 1.82) is 0 Å². The fourth-order valence-corrected chi connectivity index (χ4v) is 3.19. The number of rotatable bonds is 7. The summed E-state index contributed by atoms with van der Waals surface area (Å²) in [5.74, 6) is 0.929. The van der Waals surface area contributed by atoms with Gasteiger partial charge in [-0.05, 0) is 60.7 Å². The Morgan fingerprint density at radius 1 is 1.07 bits per heavy atom. The molecule has 1 unspecified atom stereocenters. The van der Waals surface area contributed by atoms with Gasteiger partial charge in [-0.15, -0.1) is 0 Å². The van der Waals surface area contributed by atoms with E-state index in [0.717, 1.165) is 11.1 Å². The van der Waals surface area contributed by atoms with Crippen LogP contribution in [0.4, 0.5) is 0 Å². The topological polar surface area (TPSA) is 58.6 Å². The summed E-state index contributed by atoms with van der Waals surface area (Å²) in [7, 11) is 3.35. The third kappa shape index (κ3) is 5.35. The van der Waals surface area contributed by atoms with Crippen molar-refractivity contribution >= 4 is 11.8 Å². The van der Waals surface area contributed by atoms with Gasteiger partial charge in [-0.3, -0.25) is 9.59 Å². The lowest BCUT2D eigenvalue weighted by Gasteiger charge is -2.23. The summed E-state index contributed by atoms with van der Waals surface area (Å²) < 4.78 is 5.87. The maximum Gasteiger partial charge on any atom is 0.263 e. The molecule has 1 atom stereocenters. The number of hydrogen-bond acceptors (Lipinski definition) is 3. The van der Waals surface area contributed by atoms with E-state index in [1.165, 1.54) is 5.56 Å². The molecule has 2 aromatic rings. The summed E-state index contributed by atoms with van der Waals surface area (Å²) in [6.45, 7) is 8.59. The summed E-state index contributed by atoms with van der Waals surface area (Å²) >= 11 is 0. The first-order chi connectivity index (χ1) is 13.2. The van der Waals surface area contributed by atoms with Gasteiger partial charge in [0.05, 0.1) is 0 Å². The molecule has 0 heterocycles. The van der Waals surface area contributed by atoms with Crippen molar-refractivity contribution in [3.05, 3.63) is 64.7 Å². The summed E-state index contributed by atoms with van der Waals surface area (Å²) in [6.07, 6.45) is -0.584. The third-order valence-electron chi connectivity index (χ3n) is 4.76. The van der Waals surface area contributed by atoms with Crippen LogP contribution in [0.5, 0.6) is 5.75 Å². The van der Waals surface area contributed by atoms with Crippen molar-refractivity contribution in [3.8, 4) is 5.75 Å². The van der Waals surface area contributed by atoms with Crippen LogP contribution in [0, 0.1) is 6.92 Å². The Labute approximate surface area is 167 Å². The molecule has 2 rings (SSSR count). The van der Waals surface area contributed by atoms with Crippen molar-refractivity contribution < 1.29 is 14.3 Å². The molecule has 0 fully saturated rings. The molecule has 0 saturated carbocycles. The summed E-state index contributed by atoms with van der Waals surface area (Å²) in [5, 5.41) is 2.59. The highest BCUT2D eigenvalue weighted by molar-refractivity contribution is 5.93. The predicted octanol–water partition coefficient (Wildman–Crippen LogP) is 3.90. The zero-order chi connectivity index (χ0) is 20.8. The summed E-state index contributed by atoms with van der Waals surface area (Å²) in [4.78, 5) is 25.9. The molecule has 2 amide bonds. The van der Waals surface area contributed by atoms with E-state index in [2.05, 4.69) is 32.2 Å². The van der Waals surface area contributed by atoms with E-state index >= 15 is 0 Å². The summed E-state index contributed by atoms with van der Waals surface area (Å²) in [5.41, 5.74) is 3.99. The van der Waals surface area contributed by atoms with E-state index in [1.54, 1.807) is 38.1 Å². The van der Waals surface area contributed by atoms with Gasteiger partial charge in [0, 0.05) is 26.2 Å². The highest BCUT2D eigenvalue weighted by atomic mass is 16.5. The molecule has 5 nitrogen and oxygen atoms in total. The van der Waals surface area contributed by atoms with Crippen molar-refractivity contribution in [2.75, 3.05) is 14.1 Å². The van der Waals surface area contributed by atoms with Crippen LogP contribution in [-0.2, 0) is 11.3 Å². The van der Waals surface area contributed by atoms with Crippen molar-refractivity contribution in [1.82, 2.24) is 10.2 Å². The van der Waals surface area contributed by atoms with Crippen LogP contribution in [0.1, 0.15) is 53.7 Å². The molecule has 0 aliphatic carbocycles. The molecule has 5 heteroatoms. The molecule has 0 aromatic heterocycles. The predicted molar refractivity (Wildman–Crippen MR) is 112 cm³/mol. The van der Waals surface area contributed by atoms with Crippen molar-refractivity contribution in [3.63, 3.8) is 0 Å². The van der Waals surface area contributed by atoms with E-state index in [0.29, 0.717) is 23.8 Å². The lowest BCUT2D eigenvalue weighted by molar-refractivity contribution is -0.137. The maximum absolute atomic E-state index is 12.7. The molecule has 0 aliphatic heterocycles. The van der Waals surface area contributed by atoms with Crippen LogP contribution in [0.25, 0.3) is 0 Å². The van der Waals surface area contributed by atoms with Crippen LogP contribution in [0.15, 0.2) is 42.5 Å². The SMILES string of the molecule is CNC(=O)c1ccc(CN(C)C(=O)C(C)Oc2ccc(C(C)C)c(C)c2)cc1. The van der Waals surface area contributed by atoms with Gasteiger partial charge in [0.15, 0.2) is 6.10 Å². The van der Waals surface area contributed by atoms with Gasteiger partial charge in [-0.2, -0.15) is 0 Å². The molecule has 150 valence electrons. The number of likely N-dealkylation sites (N-methyl/N-ethyl adjacent to an activating group) is 1. The second-order valence-electron chi connectivity index (χ2n) is 7.40. The average Bonchev–Trinajstić information content (AvgIpc) is 2.67. The third-order valence-corrected chi connectivity index (χ3v) is 4.76. The van der Waals surface area contributed by atoms with E-state index < -0.39 is 6.10 Å². The van der Waals surface area contributed by atoms with Crippen LogP contribution < -0.4 is 10.1 Å². The van der Waals surface area contributed by atoms with Crippen LogP contribution >= 0.6 is 0 Å². The largest absolute Gasteiger partial charge is 0.481 e. The van der Waals surface area contributed by atoms with Gasteiger partial charge < -0.3 is 15.0 Å². The molecule has 0 aliphatic rings. The zero-order valence-corrected chi connectivity index (χ0v) is 17.6. The number of carbonyl (C=O) groups is 2. The van der Waals surface area contributed by atoms with Crippen molar-refractivity contribution in [2.45, 2.75) is 46.3 Å². The molecule has 0 radical (unpaired) electrons. The van der Waals surface area contributed by atoms with Crippen molar-refractivity contribution in [2.24, 2.45) is 0 Å². The van der Waals surface area contributed by atoms with Gasteiger partial charge in [-0.1, -0.05) is 32.0 Å². The number of nitrogens with zero attached hydrogens (tertiary/aromatic N) is 1. The van der Waals surface area contributed by atoms with E-state index in [1.807, 2.05) is 24.3 Å². The smallest absolute Gasteiger partial charge is 0.263 e. The summed E-state index contributed by atoms with van der Waals surface area (Å²) in [6, 6.07) is 13.2. The van der Waals surface area contributed by atoms with E-state index in [9.17, 15) is 9.59 Å². The standard InChI is InChI=1S/C23H30N2O3/c1-15(2)21-12-11-20(13-16(21)3)28-17(4)23(27)25(6)14-18-7-9-19(10-8-18)22(26)24-5/h7-13,15,17H,14H2,1-6H3,(H,24,26). The van der Waals surface area contributed by atoms with E-state index in [-0.39, 0.29) is 11.8 Å². The first-order valence-electron chi connectivity index (χ1n) is 9.56. The second-order valence-corrected chi connectivity index (χ2v) is 7.40. The Morgan fingerprint density at radius 3 is 2.25 bits per heavy atom. The van der Waals surface area contributed by atoms with Gasteiger partial charge in [-0.25, -0.2) is 0 Å². The maximum atomic E-state index is 12.7. The van der Waals surface area contributed by atoms with E-state index in [4.69, 9.17) is 4.74 Å². The molecule has 0 saturated heterocycles. The van der Waals surface area contributed by atoms with Crippen LogP contribution in [-0.4, -0.2) is 36.9 Å².